The van der Waals surface area contributed by atoms with E-state index in [-0.39, 0.29) is 23.0 Å². The number of benzene rings is 2. The number of nitrogens with one attached hydrogen (secondary N) is 1. The van der Waals surface area contributed by atoms with Crippen LogP contribution < -0.4 is 5.32 Å². The molecule has 2 aromatic carbocycles. The topological polar surface area (TPSA) is 75.7 Å². The molecule has 1 heterocycles. The van der Waals surface area contributed by atoms with Crippen molar-refractivity contribution < 1.29 is 17.9 Å². The first-order valence-corrected chi connectivity index (χ1v) is 12.5. The zero-order valence-electron chi connectivity index (χ0n) is 17.3. The Kier molecular flexibility index (Phi) is 7.93. The molecule has 1 aliphatic rings. The maximum absolute atomic E-state index is 13.0. The summed E-state index contributed by atoms with van der Waals surface area (Å²) in [5.74, 6) is 0.632. The zero-order chi connectivity index (χ0) is 21.6. The first-order chi connectivity index (χ1) is 14.4. The average molecular weight is 449 g/mol. The molecule has 1 N–H and O–H groups in total. The van der Waals surface area contributed by atoms with Crippen LogP contribution in [-0.2, 0) is 14.8 Å². The number of morpholine rings is 1. The Labute approximate surface area is 183 Å². The van der Waals surface area contributed by atoms with Gasteiger partial charge in [-0.2, -0.15) is 4.31 Å². The molecule has 0 radical (unpaired) electrons. The van der Waals surface area contributed by atoms with Crippen LogP contribution in [0.4, 0.5) is 0 Å². The molecule has 0 aliphatic carbocycles. The second-order valence-electron chi connectivity index (χ2n) is 7.38. The van der Waals surface area contributed by atoms with Crippen LogP contribution in [0.2, 0.25) is 0 Å². The normalized spacial score (nSPS) is 20.1. The summed E-state index contributed by atoms with van der Waals surface area (Å²) >= 11 is 1.74. The van der Waals surface area contributed by atoms with Crippen LogP contribution in [0, 0.1) is 0 Å². The second-order valence-corrected chi connectivity index (χ2v) is 10.5. The lowest BCUT2D eigenvalue weighted by molar-refractivity contribution is -0.0440. The van der Waals surface area contributed by atoms with E-state index in [4.69, 9.17) is 4.74 Å². The van der Waals surface area contributed by atoms with Gasteiger partial charge in [0, 0.05) is 30.1 Å². The van der Waals surface area contributed by atoms with Crippen molar-refractivity contribution in [2.75, 3.05) is 25.4 Å². The molecule has 8 heteroatoms. The molecule has 0 bridgehead atoms. The van der Waals surface area contributed by atoms with Crippen molar-refractivity contribution in [2.24, 2.45) is 0 Å². The molecule has 2 atom stereocenters. The molecule has 1 fully saturated rings. The average Bonchev–Trinajstić information content (AvgIpc) is 2.73. The van der Waals surface area contributed by atoms with Crippen molar-refractivity contribution >= 4 is 27.7 Å². The van der Waals surface area contributed by atoms with Gasteiger partial charge < -0.3 is 10.1 Å². The monoisotopic (exact) mass is 448 g/mol. The summed E-state index contributed by atoms with van der Waals surface area (Å²) in [6.45, 7) is 4.87. The number of carbonyl (C=O) groups is 1. The molecule has 3 rings (SSSR count). The molecular formula is C22H28N2O4S2. The summed E-state index contributed by atoms with van der Waals surface area (Å²) < 4.78 is 33.1. The highest BCUT2D eigenvalue weighted by Crippen LogP contribution is 2.22. The van der Waals surface area contributed by atoms with E-state index < -0.39 is 10.0 Å². The van der Waals surface area contributed by atoms with E-state index in [1.807, 2.05) is 32.0 Å². The Morgan fingerprint density at radius 2 is 1.80 bits per heavy atom. The van der Waals surface area contributed by atoms with E-state index in [0.717, 1.165) is 12.2 Å². The van der Waals surface area contributed by atoms with Crippen LogP contribution in [0.5, 0.6) is 0 Å². The number of nitrogens with zero attached hydrogens (tertiary/aromatic N) is 1. The Balaban J connectivity index is 1.55. The molecular weight excluding hydrogens is 420 g/mol. The van der Waals surface area contributed by atoms with Crippen molar-refractivity contribution in [2.45, 2.75) is 42.3 Å². The molecule has 2 aromatic rings. The fraction of sp³-hybridized carbons (Fsp3) is 0.409. The second kappa shape index (κ2) is 10.4. The van der Waals surface area contributed by atoms with Crippen LogP contribution in [-0.4, -0.2) is 56.2 Å². The van der Waals surface area contributed by atoms with Gasteiger partial charge >= 0.3 is 0 Å². The van der Waals surface area contributed by atoms with Gasteiger partial charge in [0.15, 0.2) is 0 Å². The van der Waals surface area contributed by atoms with Crippen molar-refractivity contribution in [3.05, 3.63) is 60.2 Å². The molecule has 30 heavy (non-hydrogen) atoms. The van der Waals surface area contributed by atoms with E-state index in [1.165, 1.54) is 21.3 Å². The fourth-order valence-electron chi connectivity index (χ4n) is 3.36. The van der Waals surface area contributed by atoms with Crippen LogP contribution in [0.15, 0.2) is 64.4 Å². The van der Waals surface area contributed by atoms with Crippen molar-refractivity contribution in [1.82, 2.24) is 9.62 Å². The largest absolute Gasteiger partial charge is 0.373 e. The number of carbonyl (C=O) groups excluding carboxylic acids is 1. The Hall–Kier alpha value is -1.87. The van der Waals surface area contributed by atoms with Crippen LogP contribution in [0.25, 0.3) is 0 Å². The molecule has 0 aromatic heterocycles. The van der Waals surface area contributed by atoms with Gasteiger partial charge in [-0.3, -0.25) is 4.79 Å². The van der Waals surface area contributed by atoms with Crippen LogP contribution in [0.1, 0.15) is 30.6 Å². The summed E-state index contributed by atoms with van der Waals surface area (Å²) in [5, 5.41) is 2.88. The molecule has 0 spiro atoms. The molecule has 0 saturated carbocycles. The van der Waals surface area contributed by atoms with Crippen LogP contribution in [0.3, 0.4) is 0 Å². The molecule has 1 saturated heterocycles. The Morgan fingerprint density at radius 3 is 2.50 bits per heavy atom. The van der Waals surface area contributed by atoms with Gasteiger partial charge in [-0.25, -0.2) is 8.42 Å². The highest BCUT2D eigenvalue weighted by Gasteiger charge is 2.32. The van der Waals surface area contributed by atoms with E-state index >= 15 is 0 Å². The minimum absolute atomic E-state index is 0.135. The number of hydrogen-bond acceptors (Lipinski definition) is 5. The number of rotatable bonds is 8. The number of hydrogen-bond donors (Lipinski definition) is 1. The third kappa shape index (κ3) is 6.07. The molecule has 1 amide bonds. The first kappa shape index (κ1) is 22.8. The quantitative estimate of drug-likeness (QED) is 0.495. The summed E-state index contributed by atoms with van der Waals surface area (Å²) in [6, 6.07) is 16.3. The predicted molar refractivity (Wildman–Crippen MR) is 119 cm³/mol. The summed E-state index contributed by atoms with van der Waals surface area (Å²) in [6.07, 6.45) is 0.500. The van der Waals surface area contributed by atoms with E-state index in [1.54, 1.807) is 23.9 Å². The van der Waals surface area contributed by atoms with E-state index in [0.29, 0.717) is 25.2 Å². The SMILES string of the molecule is C[C@H]1CN(S(=O)(=O)c2cccc(C(=O)NCCCSc3ccccc3)c2)C[C@H](C)O1. The maximum atomic E-state index is 13.0. The summed E-state index contributed by atoms with van der Waals surface area (Å²) in [4.78, 5) is 13.8. The molecule has 162 valence electrons. The minimum Gasteiger partial charge on any atom is -0.373 e. The van der Waals surface area contributed by atoms with Gasteiger partial charge in [-0.15, -0.1) is 11.8 Å². The van der Waals surface area contributed by atoms with Gasteiger partial charge in [0.05, 0.1) is 17.1 Å². The maximum Gasteiger partial charge on any atom is 0.251 e. The Morgan fingerprint density at radius 1 is 1.10 bits per heavy atom. The van der Waals surface area contributed by atoms with Crippen LogP contribution >= 0.6 is 11.8 Å². The van der Waals surface area contributed by atoms with E-state index in [9.17, 15) is 13.2 Å². The lowest BCUT2D eigenvalue weighted by Gasteiger charge is -2.34. The number of amides is 1. The van der Waals surface area contributed by atoms with Gasteiger partial charge in [0.1, 0.15) is 0 Å². The highest BCUT2D eigenvalue weighted by atomic mass is 32.2. The van der Waals surface area contributed by atoms with Crippen molar-refractivity contribution in [1.29, 1.82) is 0 Å². The van der Waals surface area contributed by atoms with Gasteiger partial charge in [-0.05, 0) is 56.4 Å². The highest BCUT2D eigenvalue weighted by molar-refractivity contribution is 7.99. The predicted octanol–water partition coefficient (Wildman–Crippen LogP) is 3.40. The number of thioether (sulfide) groups is 1. The third-order valence-electron chi connectivity index (χ3n) is 4.74. The molecule has 0 unspecified atom stereocenters. The Bertz CT molecular complexity index is 941. The third-order valence-corrected chi connectivity index (χ3v) is 7.66. The molecule has 6 nitrogen and oxygen atoms in total. The van der Waals surface area contributed by atoms with E-state index in [2.05, 4.69) is 17.4 Å². The first-order valence-electron chi connectivity index (χ1n) is 10.1. The minimum atomic E-state index is -3.67. The summed E-state index contributed by atoms with van der Waals surface area (Å²) in [7, 11) is -3.67. The standard InChI is InChI=1S/C22H28N2O4S2/c1-17-15-24(16-18(2)28-17)30(26,27)21-11-6-8-19(14-21)22(25)23-12-7-13-29-20-9-4-3-5-10-20/h3-6,8-11,14,17-18H,7,12-13,15-16H2,1-2H3,(H,23,25)/t17-,18-/m0/s1. The lowest BCUT2D eigenvalue weighted by Crippen LogP contribution is -2.48. The lowest BCUT2D eigenvalue weighted by atomic mass is 10.2. The number of sulfonamides is 1. The van der Waals surface area contributed by atoms with Gasteiger partial charge in [0.2, 0.25) is 10.0 Å². The van der Waals surface area contributed by atoms with Crippen molar-refractivity contribution in [3.63, 3.8) is 0 Å². The smallest absolute Gasteiger partial charge is 0.251 e. The molecule has 1 aliphatic heterocycles. The number of ether oxygens (including phenoxy) is 1. The fourth-order valence-corrected chi connectivity index (χ4v) is 5.87. The van der Waals surface area contributed by atoms with Gasteiger partial charge in [-0.1, -0.05) is 24.3 Å². The van der Waals surface area contributed by atoms with Gasteiger partial charge in [0.25, 0.3) is 5.91 Å². The zero-order valence-corrected chi connectivity index (χ0v) is 18.9. The summed E-state index contributed by atoms with van der Waals surface area (Å²) in [5.41, 5.74) is 0.348. The van der Waals surface area contributed by atoms with Crippen molar-refractivity contribution in [3.8, 4) is 0 Å².